The van der Waals surface area contributed by atoms with E-state index in [-0.39, 0.29) is 23.8 Å². The summed E-state index contributed by atoms with van der Waals surface area (Å²) in [5, 5.41) is 3.17. The number of pyridine rings is 1. The lowest BCUT2D eigenvalue weighted by molar-refractivity contribution is -0.127. The smallest absolute Gasteiger partial charge is 0.272 e. The average molecular weight is 369 g/mol. The first-order valence-corrected chi connectivity index (χ1v) is 9.58. The Balaban J connectivity index is 1.56. The number of imidazole rings is 1. The SMILES string of the molecule is CCC[C@H](NC(=O)C1CCN(C(=O)c2ccccn2)CC1)c1nccn1C. The number of nitrogens with zero attached hydrogens (tertiary/aromatic N) is 4. The van der Waals surface area contributed by atoms with Crippen molar-refractivity contribution in [1.29, 1.82) is 0 Å². The molecule has 0 radical (unpaired) electrons. The molecule has 1 saturated heterocycles. The van der Waals surface area contributed by atoms with Crippen LogP contribution in [-0.2, 0) is 11.8 Å². The minimum atomic E-state index is -0.0734. The summed E-state index contributed by atoms with van der Waals surface area (Å²) >= 11 is 0. The minimum absolute atomic E-state index is 0.0568. The zero-order valence-corrected chi connectivity index (χ0v) is 16.0. The number of rotatable bonds is 6. The lowest BCUT2D eigenvalue weighted by Crippen LogP contribution is -2.44. The van der Waals surface area contributed by atoms with E-state index in [2.05, 4.69) is 22.2 Å². The van der Waals surface area contributed by atoms with Crippen LogP contribution in [0.2, 0.25) is 0 Å². The summed E-state index contributed by atoms with van der Waals surface area (Å²) in [5.74, 6) is 0.804. The molecule has 7 nitrogen and oxygen atoms in total. The Hall–Kier alpha value is -2.70. The Morgan fingerprint density at radius 1 is 1.22 bits per heavy atom. The number of hydrogen-bond donors (Lipinski definition) is 1. The first-order valence-electron chi connectivity index (χ1n) is 9.58. The van der Waals surface area contributed by atoms with Gasteiger partial charge >= 0.3 is 0 Å². The highest BCUT2D eigenvalue weighted by Gasteiger charge is 2.30. The van der Waals surface area contributed by atoms with E-state index in [9.17, 15) is 9.59 Å². The fourth-order valence-corrected chi connectivity index (χ4v) is 3.55. The number of aryl methyl sites for hydroxylation is 1. The van der Waals surface area contributed by atoms with Crippen molar-refractivity contribution in [3.8, 4) is 0 Å². The lowest BCUT2D eigenvalue weighted by Gasteiger charge is -2.32. The van der Waals surface area contributed by atoms with Crippen LogP contribution in [0.15, 0.2) is 36.8 Å². The predicted molar refractivity (Wildman–Crippen MR) is 102 cm³/mol. The van der Waals surface area contributed by atoms with Gasteiger partial charge in [-0.2, -0.15) is 0 Å². The molecule has 0 aromatic carbocycles. The molecule has 0 spiro atoms. The Kier molecular flexibility index (Phi) is 6.21. The van der Waals surface area contributed by atoms with Crippen LogP contribution < -0.4 is 5.32 Å². The predicted octanol–water partition coefficient (Wildman–Crippen LogP) is 2.32. The van der Waals surface area contributed by atoms with Crippen LogP contribution in [-0.4, -0.2) is 44.3 Å². The van der Waals surface area contributed by atoms with Crippen molar-refractivity contribution in [3.63, 3.8) is 0 Å². The highest BCUT2D eigenvalue weighted by molar-refractivity contribution is 5.92. The van der Waals surface area contributed by atoms with E-state index < -0.39 is 0 Å². The van der Waals surface area contributed by atoms with Crippen LogP contribution >= 0.6 is 0 Å². The molecule has 2 amide bonds. The summed E-state index contributed by atoms with van der Waals surface area (Å²) in [6.07, 6.45) is 8.44. The van der Waals surface area contributed by atoms with Crippen molar-refractivity contribution in [3.05, 3.63) is 48.3 Å². The molecule has 0 unspecified atom stereocenters. The molecule has 27 heavy (non-hydrogen) atoms. The van der Waals surface area contributed by atoms with E-state index in [0.29, 0.717) is 31.6 Å². The van der Waals surface area contributed by atoms with Gasteiger partial charge in [0.15, 0.2) is 0 Å². The quantitative estimate of drug-likeness (QED) is 0.847. The second-order valence-electron chi connectivity index (χ2n) is 7.03. The van der Waals surface area contributed by atoms with Crippen LogP contribution in [0.25, 0.3) is 0 Å². The van der Waals surface area contributed by atoms with E-state index in [1.54, 1.807) is 29.4 Å². The normalized spacial score (nSPS) is 16.1. The zero-order valence-electron chi connectivity index (χ0n) is 16.0. The maximum absolute atomic E-state index is 12.8. The van der Waals surface area contributed by atoms with Crippen molar-refractivity contribution >= 4 is 11.8 Å². The van der Waals surface area contributed by atoms with Gasteiger partial charge in [-0.1, -0.05) is 19.4 Å². The molecule has 3 heterocycles. The molecule has 2 aromatic heterocycles. The van der Waals surface area contributed by atoms with Crippen LogP contribution in [0.1, 0.15) is 55.0 Å². The van der Waals surface area contributed by atoms with E-state index >= 15 is 0 Å². The van der Waals surface area contributed by atoms with Crippen molar-refractivity contribution in [1.82, 2.24) is 24.8 Å². The molecule has 2 aromatic rings. The summed E-state index contributed by atoms with van der Waals surface area (Å²) in [4.78, 5) is 35.6. The molecule has 0 saturated carbocycles. The van der Waals surface area contributed by atoms with Gasteiger partial charge in [0.05, 0.1) is 6.04 Å². The minimum Gasteiger partial charge on any atom is -0.346 e. The second kappa shape index (κ2) is 8.79. The molecule has 7 heteroatoms. The number of nitrogens with one attached hydrogen (secondary N) is 1. The maximum Gasteiger partial charge on any atom is 0.272 e. The van der Waals surface area contributed by atoms with Gasteiger partial charge in [0, 0.05) is 44.6 Å². The summed E-state index contributed by atoms with van der Waals surface area (Å²) in [6.45, 7) is 3.26. The van der Waals surface area contributed by atoms with Crippen LogP contribution in [0.5, 0.6) is 0 Å². The Morgan fingerprint density at radius 2 is 2.00 bits per heavy atom. The van der Waals surface area contributed by atoms with Crippen LogP contribution in [0, 0.1) is 5.92 Å². The third-order valence-corrected chi connectivity index (χ3v) is 5.10. The van der Waals surface area contributed by atoms with Gasteiger partial charge < -0.3 is 14.8 Å². The highest BCUT2D eigenvalue weighted by atomic mass is 16.2. The number of carbonyl (C=O) groups excluding carboxylic acids is 2. The van der Waals surface area contributed by atoms with Gasteiger partial charge in [0.2, 0.25) is 5.91 Å². The van der Waals surface area contributed by atoms with E-state index in [1.807, 2.05) is 23.9 Å². The monoisotopic (exact) mass is 369 g/mol. The average Bonchev–Trinajstić information content (AvgIpc) is 3.13. The molecular formula is C20H27N5O2. The summed E-state index contributed by atoms with van der Waals surface area (Å²) in [5.41, 5.74) is 0.457. The summed E-state index contributed by atoms with van der Waals surface area (Å²) in [7, 11) is 1.94. The fourth-order valence-electron chi connectivity index (χ4n) is 3.55. The third-order valence-electron chi connectivity index (χ3n) is 5.10. The zero-order chi connectivity index (χ0) is 19.2. The molecule has 0 bridgehead atoms. The van der Waals surface area contributed by atoms with Crippen molar-refractivity contribution in [2.24, 2.45) is 13.0 Å². The molecule has 3 rings (SSSR count). The Labute approximate surface area is 159 Å². The van der Waals surface area contributed by atoms with E-state index in [0.717, 1.165) is 18.7 Å². The van der Waals surface area contributed by atoms with Crippen molar-refractivity contribution in [2.75, 3.05) is 13.1 Å². The fraction of sp³-hybridized carbons (Fsp3) is 0.500. The first kappa shape index (κ1) is 19.1. The standard InChI is InChI=1S/C20H27N5O2/c1-3-6-16(18-22-11-14-24(18)2)23-19(26)15-8-12-25(13-9-15)20(27)17-7-4-5-10-21-17/h4-5,7,10-11,14-16H,3,6,8-9,12-13H2,1-2H3,(H,23,26)/t16-/m0/s1. The lowest BCUT2D eigenvalue weighted by atomic mass is 9.95. The largest absolute Gasteiger partial charge is 0.346 e. The molecule has 1 fully saturated rings. The number of aromatic nitrogens is 3. The van der Waals surface area contributed by atoms with Crippen molar-refractivity contribution in [2.45, 2.75) is 38.6 Å². The summed E-state index contributed by atoms with van der Waals surface area (Å²) in [6, 6.07) is 5.26. The highest BCUT2D eigenvalue weighted by Crippen LogP contribution is 2.22. The molecule has 0 aliphatic carbocycles. The third kappa shape index (κ3) is 4.53. The van der Waals surface area contributed by atoms with Gasteiger partial charge in [-0.15, -0.1) is 0 Å². The summed E-state index contributed by atoms with van der Waals surface area (Å²) < 4.78 is 1.95. The van der Waals surface area contributed by atoms with Gasteiger partial charge in [-0.25, -0.2) is 4.98 Å². The van der Waals surface area contributed by atoms with Gasteiger partial charge in [0.1, 0.15) is 11.5 Å². The van der Waals surface area contributed by atoms with Crippen LogP contribution in [0.3, 0.4) is 0 Å². The molecule has 144 valence electrons. The van der Waals surface area contributed by atoms with E-state index in [4.69, 9.17) is 0 Å². The molecule has 1 aliphatic rings. The van der Waals surface area contributed by atoms with E-state index in [1.165, 1.54) is 0 Å². The molecule has 1 aliphatic heterocycles. The van der Waals surface area contributed by atoms with Gasteiger partial charge in [0.25, 0.3) is 5.91 Å². The number of amides is 2. The Bertz CT molecular complexity index is 766. The first-order chi connectivity index (χ1) is 13.1. The molecular weight excluding hydrogens is 342 g/mol. The Morgan fingerprint density at radius 3 is 2.59 bits per heavy atom. The number of hydrogen-bond acceptors (Lipinski definition) is 4. The van der Waals surface area contributed by atoms with Gasteiger partial charge in [-0.3, -0.25) is 14.6 Å². The van der Waals surface area contributed by atoms with Crippen molar-refractivity contribution < 1.29 is 9.59 Å². The topological polar surface area (TPSA) is 80.1 Å². The van der Waals surface area contributed by atoms with Crippen LogP contribution in [0.4, 0.5) is 0 Å². The maximum atomic E-state index is 12.8. The number of piperidine rings is 1. The number of likely N-dealkylation sites (tertiary alicyclic amines) is 1. The van der Waals surface area contributed by atoms with Gasteiger partial charge in [-0.05, 0) is 31.4 Å². The molecule has 1 N–H and O–H groups in total. The second-order valence-corrected chi connectivity index (χ2v) is 7.03. The number of carbonyl (C=O) groups is 2. The molecule has 1 atom stereocenters.